The lowest BCUT2D eigenvalue weighted by Crippen LogP contribution is -1.75. The second-order valence-corrected chi connectivity index (χ2v) is 5.19. The normalized spacial score (nSPS) is 10.9. The number of aromatic nitrogens is 2. The molecule has 0 radical (unpaired) electrons. The van der Waals surface area contributed by atoms with Crippen molar-refractivity contribution in [1.29, 1.82) is 0 Å². The van der Waals surface area contributed by atoms with Gasteiger partial charge in [-0.25, -0.2) is 0 Å². The zero-order chi connectivity index (χ0) is 8.72. The average molecular weight is 402 g/mol. The summed E-state index contributed by atoms with van der Waals surface area (Å²) in [6.07, 6.45) is 0. The summed E-state index contributed by atoms with van der Waals surface area (Å²) in [6.45, 7) is 0. The average Bonchev–Trinajstić information content (AvgIpc) is 2.31. The van der Waals surface area contributed by atoms with Crippen LogP contribution in [-0.2, 0) is 0 Å². The van der Waals surface area contributed by atoms with Crippen LogP contribution >= 0.6 is 54.5 Å². The van der Waals surface area contributed by atoms with Crippen molar-refractivity contribution in [3.8, 4) is 0 Å². The third-order valence-corrected chi connectivity index (χ3v) is 3.41. The van der Waals surface area contributed by atoms with Crippen LogP contribution in [0.25, 0.3) is 10.9 Å². The van der Waals surface area contributed by atoms with Crippen LogP contribution < -0.4 is 0 Å². The SMILES string of the molecule is Brc1cc(I)c2c(Br)[nH]nc2c1. The summed E-state index contributed by atoms with van der Waals surface area (Å²) in [6, 6.07) is 4.04. The van der Waals surface area contributed by atoms with Crippen LogP contribution in [0.1, 0.15) is 0 Å². The first-order valence-corrected chi connectivity index (χ1v) is 5.83. The van der Waals surface area contributed by atoms with Gasteiger partial charge in [-0.1, -0.05) is 15.9 Å². The van der Waals surface area contributed by atoms with Crippen molar-refractivity contribution >= 4 is 65.4 Å². The first-order chi connectivity index (χ1) is 5.68. The minimum atomic E-state index is 0.939. The highest BCUT2D eigenvalue weighted by atomic mass is 127. The molecule has 0 amide bonds. The minimum absolute atomic E-state index is 0.939. The maximum atomic E-state index is 4.13. The number of hydrogen-bond donors (Lipinski definition) is 1. The van der Waals surface area contributed by atoms with Gasteiger partial charge in [0.15, 0.2) is 0 Å². The highest BCUT2D eigenvalue weighted by Crippen LogP contribution is 2.29. The Morgan fingerprint density at radius 3 is 2.83 bits per heavy atom. The molecule has 0 spiro atoms. The number of fused-ring (bicyclic) bond motifs is 1. The van der Waals surface area contributed by atoms with Gasteiger partial charge in [0.1, 0.15) is 4.60 Å². The van der Waals surface area contributed by atoms with E-state index in [1.54, 1.807) is 0 Å². The summed E-state index contributed by atoms with van der Waals surface area (Å²) in [5.74, 6) is 0. The van der Waals surface area contributed by atoms with Crippen LogP contribution in [0.3, 0.4) is 0 Å². The molecular weight excluding hydrogens is 399 g/mol. The van der Waals surface area contributed by atoms with E-state index < -0.39 is 0 Å². The fourth-order valence-electron chi connectivity index (χ4n) is 1.03. The van der Waals surface area contributed by atoms with E-state index in [1.807, 2.05) is 6.07 Å². The summed E-state index contributed by atoms with van der Waals surface area (Å²) in [7, 11) is 0. The molecule has 62 valence electrons. The molecule has 12 heavy (non-hydrogen) atoms. The van der Waals surface area contributed by atoms with Crippen molar-refractivity contribution in [3.63, 3.8) is 0 Å². The number of benzene rings is 1. The van der Waals surface area contributed by atoms with Crippen LogP contribution in [-0.4, -0.2) is 10.2 Å². The quantitative estimate of drug-likeness (QED) is 0.670. The number of hydrogen-bond acceptors (Lipinski definition) is 1. The fraction of sp³-hybridized carbons (Fsp3) is 0. The van der Waals surface area contributed by atoms with Gasteiger partial charge in [0.25, 0.3) is 0 Å². The van der Waals surface area contributed by atoms with E-state index in [-0.39, 0.29) is 0 Å². The van der Waals surface area contributed by atoms with Crippen molar-refractivity contribution in [3.05, 3.63) is 24.8 Å². The second kappa shape index (κ2) is 3.26. The van der Waals surface area contributed by atoms with Crippen LogP contribution in [0, 0.1) is 3.57 Å². The first-order valence-electron chi connectivity index (χ1n) is 3.17. The summed E-state index contributed by atoms with van der Waals surface area (Å²) in [5.41, 5.74) is 0.973. The van der Waals surface area contributed by atoms with Crippen LogP contribution in [0.2, 0.25) is 0 Å². The number of aromatic amines is 1. The van der Waals surface area contributed by atoms with Gasteiger partial charge in [-0.2, -0.15) is 5.10 Å². The molecule has 0 fully saturated rings. The Morgan fingerprint density at radius 1 is 1.33 bits per heavy atom. The summed E-state index contributed by atoms with van der Waals surface area (Å²) < 4.78 is 3.17. The lowest BCUT2D eigenvalue weighted by molar-refractivity contribution is 1.10. The molecule has 2 aromatic rings. The van der Waals surface area contributed by atoms with E-state index in [0.717, 1.165) is 20.0 Å². The van der Waals surface area contributed by atoms with E-state index in [2.05, 4.69) is 70.7 Å². The van der Waals surface area contributed by atoms with Gasteiger partial charge in [-0.3, -0.25) is 5.10 Å². The van der Waals surface area contributed by atoms with Gasteiger partial charge in [-0.05, 0) is 50.7 Å². The molecule has 2 nitrogen and oxygen atoms in total. The van der Waals surface area contributed by atoms with Gasteiger partial charge in [0, 0.05) is 13.4 Å². The molecule has 5 heteroatoms. The van der Waals surface area contributed by atoms with Crippen molar-refractivity contribution in [1.82, 2.24) is 10.2 Å². The molecule has 0 aliphatic rings. The van der Waals surface area contributed by atoms with Gasteiger partial charge >= 0.3 is 0 Å². The molecule has 1 N–H and O–H groups in total. The Bertz CT molecular complexity index is 438. The van der Waals surface area contributed by atoms with Crippen molar-refractivity contribution in [2.45, 2.75) is 0 Å². The molecule has 0 unspecified atom stereocenters. The van der Waals surface area contributed by atoms with E-state index in [4.69, 9.17) is 0 Å². The smallest absolute Gasteiger partial charge is 0.109 e. The molecule has 1 aromatic heterocycles. The molecule has 0 saturated heterocycles. The topological polar surface area (TPSA) is 28.7 Å². The second-order valence-electron chi connectivity index (χ2n) is 2.32. The largest absolute Gasteiger partial charge is 0.270 e. The number of nitrogens with one attached hydrogen (secondary N) is 1. The molecule has 0 bridgehead atoms. The Kier molecular flexibility index (Phi) is 2.44. The number of rotatable bonds is 0. The monoisotopic (exact) mass is 400 g/mol. The van der Waals surface area contributed by atoms with E-state index in [0.29, 0.717) is 0 Å². The third kappa shape index (κ3) is 1.42. The van der Waals surface area contributed by atoms with Crippen molar-refractivity contribution in [2.75, 3.05) is 0 Å². The van der Waals surface area contributed by atoms with Gasteiger partial charge < -0.3 is 0 Å². The standard InChI is InChI=1S/C7H3Br2IN2/c8-3-1-4(10)6-5(2-3)11-12-7(6)9/h1-2H,(H,11,12). The Balaban J connectivity index is 2.93. The minimum Gasteiger partial charge on any atom is -0.270 e. The summed E-state index contributed by atoms with van der Waals surface area (Å²) >= 11 is 9.11. The van der Waals surface area contributed by atoms with Crippen molar-refractivity contribution in [2.24, 2.45) is 0 Å². The first kappa shape index (κ1) is 8.96. The number of H-pyrrole nitrogens is 1. The van der Waals surface area contributed by atoms with Gasteiger partial charge in [0.05, 0.1) is 5.52 Å². The Labute approximate surface area is 99.5 Å². The number of nitrogens with zero attached hydrogens (tertiary/aromatic N) is 1. The van der Waals surface area contributed by atoms with Crippen molar-refractivity contribution < 1.29 is 0 Å². The lowest BCUT2D eigenvalue weighted by Gasteiger charge is -1.94. The predicted octanol–water partition coefficient (Wildman–Crippen LogP) is 3.69. The molecule has 0 aliphatic carbocycles. The Morgan fingerprint density at radius 2 is 2.08 bits per heavy atom. The maximum absolute atomic E-state index is 4.13. The van der Waals surface area contributed by atoms with Crippen LogP contribution in [0.4, 0.5) is 0 Å². The molecule has 0 aliphatic heterocycles. The molecule has 0 atom stereocenters. The molecule has 1 heterocycles. The van der Waals surface area contributed by atoms with Crippen LogP contribution in [0.5, 0.6) is 0 Å². The molecule has 0 saturated carbocycles. The zero-order valence-corrected chi connectivity index (χ0v) is 11.1. The predicted molar refractivity (Wildman–Crippen MR) is 64.2 cm³/mol. The fourth-order valence-corrected chi connectivity index (χ4v) is 3.66. The molecule has 2 rings (SSSR count). The molecular formula is C7H3Br2IN2. The maximum Gasteiger partial charge on any atom is 0.109 e. The van der Waals surface area contributed by atoms with E-state index in [9.17, 15) is 0 Å². The highest BCUT2D eigenvalue weighted by molar-refractivity contribution is 14.1. The Hall–Kier alpha value is 0.380. The van der Waals surface area contributed by atoms with E-state index >= 15 is 0 Å². The summed E-state index contributed by atoms with van der Waals surface area (Å²) in [5, 5.41) is 8.16. The van der Waals surface area contributed by atoms with E-state index in [1.165, 1.54) is 3.57 Å². The lowest BCUT2D eigenvalue weighted by atomic mass is 10.3. The zero-order valence-electron chi connectivity index (χ0n) is 5.74. The highest BCUT2D eigenvalue weighted by Gasteiger charge is 2.06. The van der Waals surface area contributed by atoms with Gasteiger partial charge in [-0.15, -0.1) is 0 Å². The number of halogens is 3. The summed E-state index contributed by atoms with van der Waals surface area (Å²) in [4.78, 5) is 0. The van der Waals surface area contributed by atoms with Crippen LogP contribution in [0.15, 0.2) is 21.2 Å². The third-order valence-electron chi connectivity index (χ3n) is 1.53. The molecule has 1 aromatic carbocycles. The van der Waals surface area contributed by atoms with Gasteiger partial charge in [0.2, 0.25) is 0 Å².